The molecule has 0 fully saturated rings. The zero-order valence-electron chi connectivity index (χ0n) is 11.7. The molecule has 1 amide bonds. The van der Waals surface area contributed by atoms with Gasteiger partial charge in [0.25, 0.3) is 10.7 Å². The van der Waals surface area contributed by atoms with Crippen molar-refractivity contribution < 1.29 is 14.4 Å². The Morgan fingerprint density at radius 1 is 1.36 bits per heavy atom. The van der Waals surface area contributed by atoms with Crippen molar-refractivity contribution in [2.24, 2.45) is 0 Å². The molecule has 1 aromatic carbocycles. The van der Waals surface area contributed by atoms with Gasteiger partial charge < -0.3 is 10.5 Å². The molecular formula is C14H13N3O4S. The van der Waals surface area contributed by atoms with E-state index in [2.05, 4.69) is 5.32 Å². The van der Waals surface area contributed by atoms with Crippen LogP contribution in [0.15, 0.2) is 47.6 Å². The summed E-state index contributed by atoms with van der Waals surface area (Å²) in [6.07, 6.45) is 1.35. The quantitative estimate of drug-likeness (QED) is 0.300. The average molecular weight is 319 g/mol. The number of hydrogen-bond donors (Lipinski definition) is 1. The van der Waals surface area contributed by atoms with E-state index in [0.717, 1.165) is 17.3 Å². The third-order valence-corrected chi connectivity index (χ3v) is 3.86. The summed E-state index contributed by atoms with van der Waals surface area (Å²) in [4.78, 5) is 22.1. The maximum atomic E-state index is 11.9. The van der Waals surface area contributed by atoms with Gasteiger partial charge in [0.15, 0.2) is 6.20 Å². The Morgan fingerprint density at radius 3 is 2.82 bits per heavy atom. The Labute approximate surface area is 130 Å². The number of aryl methyl sites for hydroxylation is 1. The largest absolute Gasteiger partial charge is 0.618 e. The third kappa shape index (κ3) is 3.95. The van der Waals surface area contributed by atoms with Crippen LogP contribution in [0.4, 0.5) is 11.4 Å². The van der Waals surface area contributed by atoms with Crippen molar-refractivity contribution in [3.05, 3.63) is 63.5 Å². The Morgan fingerprint density at radius 2 is 2.14 bits per heavy atom. The number of anilines is 1. The zero-order valence-corrected chi connectivity index (χ0v) is 12.5. The van der Waals surface area contributed by atoms with Crippen LogP contribution in [0, 0.1) is 22.2 Å². The molecule has 1 aromatic heterocycles. The molecule has 8 heteroatoms. The predicted octanol–water partition coefficient (Wildman–Crippen LogP) is 2.27. The Balaban J connectivity index is 2.02. The van der Waals surface area contributed by atoms with Crippen LogP contribution < -0.4 is 10.0 Å². The average Bonchev–Trinajstić information content (AvgIpc) is 2.48. The van der Waals surface area contributed by atoms with Crippen LogP contribution >= 0.6 is 11.8 Å². The first-order chi connectivity index (χ1) is 10.5. The molecule has 22 heavy (non-hydrogen) atoms. The Hall–Kier alpha value is -2.61. The maximum absolute atomic E-state index is 11.9. The monoisotopic (exact) mass is 319 g/mol. The van der Waals surface area contributed by atoms with Gasteiger partial charge in [-0.25, -0.2) is 0 Å². The summed E-state index contributed by atoms with van der Waals surface area (Å²) >= 11 is 1.10. The highest BCUT2D eigenvalue weighted by Gasteiger charge is 2.13. The van der Waals surface area contributed by atoms with Gasteiger partial charge in [-0.05, 0) is 30.3 Å². The second-order valence-corrected chi connectivity index (χ2v) is 5.45. The van der Waals surface area contributed by atoms with E-state index in [9.17, 15) is 20.1 Å². The molecule has 0 atom stereocenters. The predicted molar refractivity (Wildman–Crippen MR) is 82.6 cm³/mol. The van der Waals surface area contributed by atoms with Gasteiger partial charge in [0.2, 0.25) is 5.91 Å². The van der Waals surface area contributed by atoms with Crippen LogP contribution in [0.5, 0.6) is 0 Å². The number of aromatic nitrogens is 1. The van der Waals surface area contributed by atoms with E-state index >= 15 is 0 Å². The summed E-state index contributed by atoms with van der Waals surface area (Å²) in [5, 5.41) is 25.2. The molecule has 2 aromatic rings. The van der Waals surface area contributed by atoms with Gasteiger partial charge in [-0.2, -0.15) is 4.73 Å². The van der Waals surface area contributed by atoms with E-state index in [1.54, 1.807) is 31.2 Å². The number of nitrogens with zero attached hydrogens (tertiary/aromatic N) is 2. The van der Waals surface area contributed by atoms with Gasteiger partial charge in [0.1, 0.15) is 0 Å². The van der Waals surface area contributed by atoms with Gasteiger partial charge in [0.05, 0.1) is 16.4 Å². The molecule has 2 rings (SSSR count). The van der Waals surface area contributed by atoms with Crippen molar-refractivity contribution in [2.75, 3.05) is 11.1 Å². The van der Waals surface area contributed by atoms with Crippen molar-refractivity contribution in [3.63, 3.8) is 0 Å². The molecule has 7 nitrogen and oxygen atoms in total. The lowest BCUT2D eigenvalue weighted by Crippen LogP contribution is -2.28. The number of thioether (sulfide) groups is 1. The van der Waals surface area contributed by atoms with Gasteiger partial charge in [-0.1, -0.05) is 6.07 Å². The minimum Gasteiger partial charge on any atom is -0.618 e. The first-order valence-electron chi connectivity index (χ1n) is 6.33. The number of benzene rings is 1. The van der Waals surface area contributed by atoms with E-state index in [-0.39, 0.29) is 17.3 Å². The fourth-order valence-electron chi connectivity index (χ4n) is 1.71. The lowest BCUT2D eigenvalue weighted by Gasteiger charge is -2.08. The minimum absolute atomic E-state index is 0.0361. The fourth-order valence-corrected chi connectivity index (χ4v) is 2.42. The minimum atomic E-state index is -0.520. The van der Waals surface area contributed by atoms with Crippen LogP contribution in [0.3, 0.4) is 0 Å². The molecule has 0 saturated heterocycles. The Bertz CT molecular complexity index is 721. The molecule has 0 bridgehead atoms. The molecule has 0 saturated carbocycles. The number of pyridine rings is 1. The van der Waals surface area contributed by atoms with Crippen LogP contribution in [0.25, 0.3) is 0 Å². The first kappa shape index (κ1) is 15.8. The van der Waals surface area contributed by atoms with Gasteiger partial charge in [-0.3, -0.25) is 14.9 Å². The summed E-state index contributed by atoms with van der Waals surface area (Å²) in [7, 11) is 0. The van der Waals surface area contributed by atoms with Gasteiger partial charge in [0, 0.05) is 24.3 Å². The standard InChI is InChI=1S/C14H13N3O4S/c1-10-5-6-11(17(20)21)8-12(10)15-13(18)9-22-14-4-2-3-7-16(14)19/h2-8H,9H2,1H3,(H,15,18). The molecule has 0 aliphatic rings. The normalized spacial score (nSPS) is 10.2. The van der Waals surface area contributed by atoms with Crippen molar-refractivity contribution in [1.82, 2.24) is 0 Å². The highest BCUT2D eigenvalue weighted by atomic mass is 32.2. The van der Waals surface area contributed by atoms with Crippen LogP contribution in [0.2, 0.25) is 0 Å². The summed E-state index contributed by atoms with van der Waals surface area (Å²) in [6.45, 7) is 1.75. The SMILES string of the molecule is Cc1ccc([N+](=O)[O-])cc1NC(=O)CSc1cccc[n+]1[O-]. The van der Waals surface area contributed by atoms with E-state index in [1.807, 2.05) is 0 Å². The van der Waals surface area contributed by atoms with Crippen LogP contribution in [0.1, 0.15) is 5.56 Å². The van der Waals surface area contributed by atoms with Crippen molar-refractivity contribution in [2.45, 2.75) is 11.9 Å². The molecule has 1 heterocycles. The van der Waals surface area contributed by atoms with E-state index in [1.165, 1.54) is 18.3 Å². The number of nitro benzene ring substituents is 1. The number of non-ortho nitro benzene ring substituents is 1. The molecule has 1 N–H and O–H groups in total. The summed E-state index contributed by atoms with van der Waals surface area (Å²) in [5.41, 5.74) is 1.03. The van der Waals surface area contributed by atoms with Crippen LogP contribution in [-0.2, 0) is 4.79 Å². The number of hydrogen-bond acceptors (Lipinski definition) is 5. The lowest BCUT2D eigenvalue weighted by molar-refractivity contribution is -0.645. The molecule has 0 radical (unpaired) electrons. The second-order valence-electron chi connectivity index (χ2n) is 4.46. The second kappa shape index (κ2) is 6.90. The Kier molecular flexibility index (Phi) is 4.95. The molecule has 0 aliphatic heterocycles. The van der Waals surface area contributed by atoms with Gasteiger partial charge >= 0.3 is 0 Å². The number of nitro groups is 1. The van der Waals surface area contributed by atoms with E-state index in [0.29, 0.717) is 15.4 Å². The van der Waals surface area contributed by atoms with E-state index in [4.69, 9.17) is 0 Å². The summed E-state index contributed by atoms with van der Waals surface area (Å²) in [5.74, 6) is -0.300. The topological polar surface area (TPSA) is 99.2 Å². The number of carbonyl (C=O) groups is 1. The fraction of sp³-hybridized carbons (Fsp3) is 0.143. The van der Waals surface area contributed by atoms with E-state index < -0.39 is 4.92 Å². The molecule has 0 aliphatic carbocycles. The van der Waals surface area contributed by atoms with Crippen molar-refractivity contribution in [3.8, 4) is 0 Å². The summed E-state index contributed by atoms with van der Waals surface area (Å²) < 4.78 is 0.677. The number of amides is 1. The zero-order chi connectivity index (χ0) is 16.1. The van der Waals surface area contributed by atoms with Crippen molar-refractivity contribution in [1.29, 1.82) is 0 Å². The molecule has 0 spiro atoms. The first-order valence-corrected chi connectivity index (χ1v) is 7.32. The smallest absolute Gasteiger partial charge is 0.271 e. The number of rotatable bonds is 5. The third-order valence-electron chi connectivity index (χ3n) is 2.85. The summed E-state index contributed by atoms with van der Waals surface area (Å²) in [6, 6.07) is 9.19. The lowest BCUT2D eigenvalue weighted by atomic mass is 10.2. The molecular weight excluding hydrogens is 306 g/mol. The van der Waals surface area contributed by atoms with Crippen molar-refractivity contribution >= 4 is 29.0 Å². The van der Waals surface area contributed by atoms with Gasteiger partial charge in [-0.15, -0.1) is 0 Å². The number of nitrogens with one attached hydrogen (secondary N) is 1. The number of carbonyl (C=O) groups excluding carboxylic acids is 1. The highest BCUT2D eigenvalue weighted by Crippen LogP contribution is 2.22. The molecule has 0 unspecified atom stereocenters. The maximum Gasteiger partial charge on any atom is 0.271 e. The molecule has 114 valence electrons. The highest BCUT2D eigenvalue weighted by molar-refractivity contribution is 7.99. The van der Waals surface area contributed by atoms with Crippen LogP contribution in [-0.4, -0.2) is 16.6 Å².